The van der Waals surface area contributed by atoms with Crippen molar-refractivity contribution >= 4 is 15.6 Å². The largest absolute Gasteiger partial charge is 0.390 e. The van der Waals surface area contributed by atoms with E-state index in [1.165, 1.54) is 29.5 Å². The number of nitrogens with zero attached hydrogens (tertiary/aromatic N) is 6. The third kappa shape index (κ3) is 6.44. The second-order valence-electron chi connectivity index (χ2n) is 11.2. The fourth-order valence-electron chi connectivity index (χ4n) is 5.19. The van der Waals surface area contributed by atoms with Gasteiger partial charge in [0, 0.05) is 42.5 Å². The minimum Gasteiger partial charge on any atom is -0.382 e. The molecule has 230 valence electrons. The topological polar surface area (TPSA) is 146 Å². The fraction of sp³-hybridized carbons (Fsp3) is 0.481. The molecule has 6 rings (SSSR count). The third-order valence-electron chi connectivity index (χ3n) is 7.78. The van der Waals surface area contributed by atoms with Gasteiger partial charge in [0.2, 0.25) is 0 Å². The Morgan fingerprint density at radius 2 is 1.91 bits per heavy atom. The molecule has 4 heterocycles. The van der Waals surface area contributed by atoms with E-state index in [1.54, 1.807) is 24.4 Å². The van der Waals surface area contributed by atoms with Gasteiger partial charge in [0.1, 0.15) is 6.17 Å². The second kappa shape index (κ2) is 11.0. The Kier molecular flexibility index (Phi) is 7.52. The Hall–Kier alpha value is -3.79. The number of halogens is 4. The summed E-state index contributed by atoms with van der Waals surface area (Å²) in [7, 11) is -3.56. The minimum atomic E-state index is -4.31. The Labute approximate surface area is 245 Å². The molecule has 11 nitrogen and oxygen atoms in total. The van der Waals surface area contributed by atoms with E-state index in [4.69, 9.17) is 5.73 Å². The molecule has 1 unspecified atom stereocenters. The maximum Gasteiger partial charge on any atom is 0.390 e. The number of hydrogen-bond acceptors (Lipinski definition) is 9. The summed E-state index contributed by atoms with van der Waals surface area (Å²) in [6.07, 6.45) is 6.17. The number of allylic oxidation sites excluding steroid dienone is 1. The quantitative estimate of drug-likeness (QED) is 0.306. The molecule has 2 aliphatic carbocycles. The highest BCUT2D eigenvalue weighted by Crippen LogP contribution is 2.33. The average molecular weight is 622 g/mol. The van der Waals surface area contributed by atoms with Gasteiger partial charge in [0.25, 0.3) is 10.0 Å². The number of alkyl halides is 4. The fourth-order valence-corrected chi connectivity index (χ4v) is 6.67. The summed E-state index contributed by atoms with van der Waals surface area (Å²) in [5.74, 6) is 0.226. The standard InChI is InChI=1S/C27H31F4N9O2S/c28-18-1-3-19(4-2-18)36-23-13-26(32,34-15-21(23)22-8-11-39(38-22)12-9-27(29,30)31)24-7-10-33-25(37-24)17-14-35-40(16-17)43(41,42)20-5-6-20/h7-8,10-11,13-16,18-20,34,36H,1-6,9,12,32H2. The number of nitrogens with one attached hydrogen (secondary N) is 2. The van der Waals surface area contributed by atoms with Gasteiger partial charge < -0.3 is 16.4 Å². The summed E-state index contributed by atoms with van der Waals surface area (Å²) in [4.78, 5) is 8.90. The van der Waals surface area contributed by atoms with Gasteiger partial charge >= 0.3 is 6.18 Å². The van der Waals surface area contributed by atoms with Crippen molar-refractivity contribution in [1.82, 2.24) is 39.6 Å². The summed E-state index contributed by atoms with van der Waals surface area (Å²) in [5.41, 5.74) is 7.82. The van der Waals surface area contributed by atoms with Crippen molar-refractivity contribution in [3.8, 4) is 11.4 Å². The number of dihydropyridines is 1. The van der Waals surface area contributed by atoms with Crippen LogP contribution in [0.15, 0.2) is 54.9 Å². The first-order chi connectivity index (χ1) is 20.4. The van der Waals surface area contributed by atoms with Crippen LogP contribution in [0.1, 0.15) is 56.3 Å². The zero-order chi connectivity index (χ0) is 30.4. The highest BCUT2D eigenvalue weighted by Gasteiger charge is 2.38. The number of rotatable bonds is 9. The summed E-state index contributed by atoms with van der Waals surface area (Å²) in [6, 6.07) is 3.20. The summed E-state index contributed by atoms with van der Waals surface area (Å²) in [5, 5.41) is 14.5. The van der Waals surface area contributed by atoms with E-state index in [9.17, 15) is 26.0 Å². The molecule has 0 aromatic carbocycles. The minimum absolute atomic E-state index is 0.0449. The van der Waals surface area contributed by atoms with Gasteiger partial charge in [-0.15, -0.1) is 0 Å². The van der Waals surface area contributed by atoms with Crippen molar-refractivity contribution in [3.63, 3.8) is 0 Å². The molecule has 0 bridgehead atoms. The Morgan fingerprint density at radius 3 is 2.63 bits per heavy atom. The van der Waals surface area contributed by atoms with Gasteiger partial charge in [0.15, 0.2) is 11.5 Å². The molecule has 0 radical (unpaired) electrons. The van der Waals surface area contributed by atoms with Crippen LogP contribution in [0.3, 0.4) is 0 Å². The van der Waals surface area contributed by atoms with Gasteiger partial charge in [-0.1, -0.05) is 0 Å². The van der Waals surface area contributed by atoms with E-state index in [0.717, 1.165) is 4.09 Å². The summed E-state index contributed by atoms with van der Waals surface area (Å²) < 4.78 is 79.5. The van der Waals surface area contributed by atoms with Crippen LogP contribution in [0.2, 0.25) is 0 Å². The molecule has 4 N–H and O–H groups in total. The number of hydrogen-bond donors (Lipinski definition) is 3. The van der Waals surface area contributed by atoms with Crippen LogP contribution in [0.4, 0.5) is 17.6 Å². The molecule has 1 aliphatic heterocycles. The molecule has 3 aromatic heterocycles. The molecular weight excluding hydrogens is 590 g/mol. The van der Waals surface area contributed by atoms with E-state index < -0.39 is 39.7 Å². The zero-order valence-corrected chi connectivity index (χ0v) is 23.8. The zero-order valence-electron chi connectivity index (χ0n) is 23.0. The predicted octanol–water partition coefficient (Wildman–Crippen LogP) is 3.34. The predicted molar refractivity (Wildman–Crippen MR) is 149 cm³/mol. The van der Waals surface area contributed by atoms with Gasteiger partial charge in [0.05, 0.1) is 41.0 Å². The van der Waals surface area contributed by atoms with Crippen molar-refractivity contribution in [2.45, 2.75) is 80.8 Å². The molecule has 43 heavy (non-hydrogen) atoms. The van der Waals surface area contributed by atoms with Crippen LogP contribution in [0, 0.1) is 0 Å². The van der Waals surface area contributed by atoms with Crippen molar-refractivity contribution in [1.29, 1.82) is 0 Å². The van der Waals surface area contributed by atoms with Crippen LogP contribution in [0.25, 0.3) is 17.0 Å². The summed E-state index contributed by atoms with van der Waals surface area (Å²) in [6.45, 7) is -0.319. The van der Waals surface area contributed by atoms with Crippen molar-refractivity contribution in [2.75, 3.05) is 0 Å². The Bertz CT molecular complexity index is 1650. The van der Waals surface area contributed by atoms with E-state index in [1.807, 2.05) is 0 Å². The highest BCUT2D eigenvalue weighted by atomic mass is 32.2. The van der Waals surface area contributed by atoms with Gasteiger partial charge in [-0.05, 0) is 56.7 Å². The lowest BCUT2D eigenvalue weighted by atomic mass is 9.91. The first-order valence-corrected chi connectivity index (χ1v) is 15.5. The van der Waals surface area contributed by atoms with Crippen LogP contribution < -0.4 is 16.4 Å². The van der Waals surface area contributed by atoms with Gasteiger partial charge in [-0.3, -0.25) is 4.68 Å². The molecule has 1 atom stereocenters. The summed E-state index contributed by atoms with van der Waals surface area (Å²) >= 11 is 0. The molecular formula is C27H31F4N9O2S. The SMILES string of the molecule is NC1(c2ccnc(-c3cnn(S(=O)(=O)C4CC4)c3)n2)C=C(NC2CCC(F)CC2)C(c2ccn(CCC(F)(F)F)n2)=CN1. The second-order valence-corrected chi connectivity index (χ2v) is 13.2. The number of aryl methyl sites for hydroxylation is 1. The first kappa shape index (κ1) is 29.3. The number of nitrogens with two attached hydrogens (primary N) is 1. The Morgan fingerprint density at radius 1 is 1.14 bits per heavy atom. The van der Waals surface area contributed by atoms with E-state index in [2.05, 4.69) is 30.8 Å². The van der Waals surface area contributed by atoms with E-state index >= 15 is 0 Å². The molecule has 3 aromatic rings. The maximum atomic E-state index is 13.8. The van der Waals surface area contributed by atoms with Crippen LogP contribution in [-0.4, -0.2) is 61.0 Å². The van der Waals surface area contributed by atoms with Crippen LogP contribution in [0.5, 0.6) is 0 Å². The van der Waals surface area contributed by atoms with Crippen LogP contribution >= 0.6 is 0 Å². The highest BCUT2D eigenvalue weighted by molar-refractivity contribution is 7.90. The Balaban J connectivity index is 1.29. The van der Waals surface area contributed by atoms with Crippen molar-refractivity contribution in [2.24, 2.45) is 5.73 Å². The maximum absolute atomic E-state index is 13.8. The van der Waals surface area contributed by atoms with Gasteiger partial charge in [-0.2, -0.15) is 27.5 Å². The smallest absolute Gasteiger partial charge is 0.382 e. The first-order valence-electron chi connectivity index (χ1n) is 14.0. The van der Waals surface area contributed by atoms with Crippen molar-refractivity contribution < 1.29 is 26.0 Å². The van der Waals surface area contributed by atoms with Crippen molar-refractivity contribution in [3.05, 3.63) is 66.3 Å². The van der Waals surface area contributed by atoms with Gasteiger partial charge in [-0.25, -0.2) is 22.8 Å². The van der Waals surface area contributed by atoms with E-state index in [0.29, 0.717) is 66.7 Å². The molecule has 0 amide bonds. The molecule has 16 heteroatoms. The van der Waals surface area contributed by atoms with Crippen LogP contribution in [-0.2, 0) is 22.2 Å². The molecule has 2 fully saturated rings. The molecule has 3 aliphatic rings. The monoisotopic (exact) mass is 621 g/mol. The molecule has 0 saturated heterocycles. The lowest BCUT2D eigenvalue weighted by Crippen LogP contribution is -2.50. The lowest BCUT2D eigenvalue weighted by molar-refractivity contribution is -0.137. The third-order valence-corrected chi connectivity index (χ3v) is 9.81. The normalized spacial score (nSPS) is 24.7. The van der Waals surface area contributed by atoms with E-state index in [-0.39, 0.29) is 18.4 Å². The molecule has 0 spiro atoms. The lowest BCUT2D eigenvalue weighted by Gasteiger charge is -2.34. The molecule has 2 saturated carbocycles. The number of aromatic nitrogens is 6. The average Bonchev–Trinajstić information content (AvgIpc) is 3.53.